The fourth-order valence-electron chi connectivity index (χ4n) is 1.83. The Morgan fingerprint density at radius 3 is 2.83 bits per heavy atom. The molecule has 0 aliphatic rings. The van der Waals surface area contributed by atoms with Crippen LogP contribution in [0.15, 0.2) is 52.0 Å². The zero-order chi connectivity index (χ0) is 17.4. The van der Waals surface area contributed by atoms with Crippen molar-refractivity contribution in [2.24, 2.45) is 5.10 Å². The molecule has 24 heavy (non-hydrogen) atoms. The van der Waals surface area contributed by atoms with Crippen LogP contribution in [0.1, 0.15) is 18.4 Å². The van der Waals surface area contributed by atoms with Gasteiger partial charge in [0.25, 0.3) is 0 Å². The summed E-state index contributed by atoms with van der Waals surface area (Å²) >= 11 is 15.2. The predicted molar refractivity (Wildman–Crippen MR) is 101 cm³/mol. The number of rotatable bonds is 7. The molecule has 1 amide bonds. The lowest BCUT2D eigenvalue weighted by Gasteiger charge is -2.07. The van der Waals surface area contributed by atoms with Crippen molar-refractivity contribution in [1.82, 2.24) is 5.43 Å². The number of nitrogens with one attached hydrogen (secondary N) is 1. The van der Waals surface area contributed by atoms with E-state index in [0.717, 1.165) is 10.0 Å². The number of hydrogen-bond donors (Lipinski definition) is 1. The first-order chi connectivity index (χ1) is 11.5. The van der Waals surface area contributed by atoms with Crippen molar-refractivity contribution in [3.63, 3.8) is 0 Å². The smallest absolute Gasteiger partial charge is 0.240 e. The Morgan fingerprint density at radius 2 is 2.08 bits per heavy atom. The summed E-state index contributed by atoms with van der Waals surface area (Å²) in [5.41, 5.74) is 3.38. The first-order valence-electron chi connectivity index (χ1n) is 7.20. The quantitative estimate of drug-likeness (QED) is 0.379. The minimum absolute atomic E-state index is 0.174. The second kappa shape index (κ2) is 9.67. The SMILES string of the molecule is O=C(CCCOc1ccc(Cl)cc1Cl)N/N=C/c1cccc(Br)c1. The van der Waals surface area contributed by atoms with E-state index in [1.54, 1.807) is 24.4 Å². The molecule has 4 nitrogen and oxygen atoms in total. The van der Waals surface area contributed by atoms with Gasteiger partial charge in [-0.2, -0.15) is 5.10 Å². The molecule has 7 heteroatoms. The molecule has 0 unspecified atom stereocenters. The molecule has 2 aromatic rings. The highest BCUT2D eigenvalue weighted by Gasteiger charge is 2.04. The molecule has 0 spiro atoms. The van der Waals surface area contributed by atoms with Crippen LogP contribution in [0.5, 0.6) is 5.75 Å². The standard InChI is InChI=1S/C17H15BrCl2N2O2/c18-13-4-1-3-12(9-13)11-21-22-17(23)5-2-8-24-16-7-6-14(19)10-15(16)20/h1,3-4,6-7,9-11H,2,5,8H2,(H,22,23)/b21-11+. The molecule has 1 N–H and O–H groups in total. The van der Waals surface area contributed by atoms with Gasteiger partial charge >= 0.3 is 0 Å². The Labute approximate surface area is 158 Å². The second-order valence-corrected chi connectivity index (χ2v) is 6.63. The molecule has 0 radical (unpaired) electrons. The monoisotopic (exact) mass is 428 g/mol. The minimum atomic E-state index is -0.174. The number of hydrogen-bond acceptors (Lipinski definition) is 3. The molecule has 0 saturated carbocycles. The van der Waals surface area contributed by atoms with Crippen molar-refractivity contribution in [3.8, 4) is 5.75 Å². The first-order valence-corrected chi connectivity index (χ1v) is 8.75. The molecular formula is C17H15BrCl2N2O2. The third kappa shape index (κ3) is 6.51. The van der Waals surface area contributed by atoms with Gasteiger partial charge in [0.2, 0.25) is 5.91 Å². The van der Waals surface area contributed by atoms with E-state index in [-0.39, 0.29) is 5.91 Å². The molecule has 0 bridgehead atoms. The molecule has 0 saturated heterocycles. The Hall–Kier alpha value is -1.56. The average molecular weight is 430 g/mol. The van der Waals surface area contributed by atoms with Gasteiger partial charge in [-0.25, -0.2) is 5.43 Å². The highest BCUT2D eigenvalue weighted by Crippen LogP contribution is 2.27. The number of benzene rings is 2. The normalized spacial score (nSPS) is 10.8. The Bertz CT molecular complexity index is 738. The highest BCUT2D eigenvalue weighted by molar-refractivity contribution is 9.10. The molecule has 126 valence electrons. The van der Waals surface area contributed by atoms with Gasteiger partial charge in [-0.05, 0) is 42.3 Å². The second-order valence-electron chi connectivity index (χ2n) is 4.87. The average Bonchev–Trinajstić information content (AvgIpc) is 2.53. The fraction of sp³-hybridized carbons (Fsp3) is 0.176. The van der Waals surface area contributed by atoms with E-state index in [0.29, 0.717) is 35.2 Å². The van der Waals surface area contributed by atoms with Gasteiger partial charge in [0.1, 0.15) is 5.75 Å². The lowest BCUT2D eigenvalue weighted by molar-refractivity contribution is -0.121. The zero-order valence-electron chi connectivity index (χ0n) is 12.6. The topological polar surface area (TPSA) is 50.7 Å². The summed E-state index contributed by atoms with van der Waals surface area (Å²) in [7, 11) is 0. The van der Waals surface area contributed by atoms with Crippen LogP contribution < -0.4 is 10.2 Å². The summed E-state index contributed by atoms with van der Waals surface area (Å²) in [6.45, 7) is 0.379. The van der Waals surface area contributed by atoms with Crippen LogP contribution in [0, 0.1) is 0 Å². The van der Waals surface area contributed by atoms with Gasteiger partial charge < -0.3 is 4.74 Å². The van der Waals surface area contributed by atoms with Crippen molar-refractivity contribution >= 4 is 51.3 Å². The van der Waals surface area contributed by atoms with Crippen LogP contribution in [0.4, 0.5) is 0 Å². The summed E-state index contributed by atoms with van der Waals surface area (Å²) in [6.07, 6.45) is 2.45. The maximum Gasteiger partial charge on any atom is 0.240 e. The van der Waals surface area contributed by atoms with Crippen molar-refractivity contribution < 1.29 is 9.53 Å². The molecule has 0 fully saturated rings. The number of hydrazone groups is 1. The van der Waals surface area contributed by atoms with E-state index >= 15 is 0 Å². The van der Waals surface area contributed by atoms with E-state index < -0.39 is 0 Å². The fourth-order valence-corrected chi connectivity index (χ4v) is 2.71. The van der Waals surface area contributed by atoms with E-state index in [2.05, 4.69) is 26.5 Å². The van der Waals surface area contributed by atoms with E-state index in [9.17, 15) is 4.79 Å². The molecule has 0 aliphatic heterocycles. The maximum absolute atomic E-state index is 11.7. The van der Waals surface area contributed by atoms with Crippen LogP contribution in [0.2, 0.25) is 10.0 Å². The van der Waals surface area contributed by atoms with Gasteiger partial charge in [-0.1, -0.05) is 51.3 Å². The third-order valence-electron chi connectivity index (χ3n) is 2.95. The largest absolute Gasteiger partial charge is 0.492 e. The van der Waals surface area contributed by atoms with E-state index in [1.807, 2.05) is 24.3 Å². The molecule has 0 heterocycles. The Balaban J connectivity index is 1.68. The summed E-state index contributed by atoms with van der Waals surface area (Å²) < 4.78 is 6.47. The lowest BCUT2D eigenvalue weighted by atomic mass is 10.2. The number of amides is 1. The van der Waals surface area contributed by atoms with Gasteiger partial charge in [-0.15, -0.1) is 0 Å². The number of ether oxygens (including phenoxy) is 1. The summed E-state index contributed by atoms with van der Waals surface area (Å²) in [5, 5.41) is 4.92. The lowest BCUT2D eigenvalue weighted by Crippen LogP contribution is -2.18. The molecule has 0 aliphatic carbocycles. The Morgan fingerprint density at radius 1 is 1.25 bits per heavy atom. The Kier molecular flexibility index (Phi) is 7.56. The van der Waals surface area contributed by atoms with Crippen molar-refractivity contribution in [3.05, 3.63) is 62.5 Å². The van der Waals surface area contributed by atoms with Gasteiger partial charge in [0.05, 0.1) is 17.8 Å². The van der Waals surface area contributed by atoms with Crippen molar-refractivity contribution in [2.45, 2.75) is 12.8 Å². The first kappa shape index (κ1) is 18.8. The van der Waals surface area contributed by atoms with Crippen LogP contribution in [0.3, 0.4) is 0 Å². The van der Waals surface area contributed by atoms with Crippen LogP contribution in [0.25, 0.3) is 0 Å². The number of carbonyl (C=O) groups is 1. The molecule has 0 aromatic heterocycles. The van der Waals surface area contributed by atoms with Gasteiger partial charge in [0, 0.05) is 15.9 Å². The maximum atomic E-state index is 11.7. The molecular weight excluding hydrogens is 415 g/mol. The number of nitrogens with zero attached hydrogens (tertiary/aromatic N) is 1. The number of halogens is 3. The number of carbonyl (C=O) groups excluding carboxylic acids is 1. The van der Waals surface area contributed by atoms with Crippen LogP contribution in [-0.4, -0.2) is 18.7 Å². The highest BCUT2D eigenvalue weighted by atomic mass is 79.9. The summed E-state index contributed by atoms with van der Waals surface area (Å²) in [6, 6.07) is 12.6. The van der Waals surface area contributed by atoms with E-state index in [1.165, 1.54) is 0 Å². The summed E-state index contributed by atoms with van der Waals surface area (Å²) in [4.78, 5) is 11.7. The van der Waals surface area contributed by atoms with Gasteiger partial charge in [-0.3, -0.25) is 4.79 Å². The third-order valence-corrected chi connectivity index (χ3v) is 3.97. The van der Waals surface area contributed by atoms with Crippen molar-refractivity contribution in [2.75, 3.05) is 6.61 Å². The van der Waals surface area contributed by atoms with Gasteiger partial charge in [0.15, 0.2) is 0 Å². The van der Waals surface area contributed by atoms with Crippen molar-refractivity contribution in [1.29, 1.82) is 0 Å². The molecule has 2 rings (SSSR count). The zero-order valence-corrected chi connectivity index (χ0v) is 15.7. The van der Waals surface area contributed by atoms with Crippen LogP contribution >= 0.6 is 39.1 Å². The van der Waals surface area contributed by atoms with E-state index in [4.69, 9.17) is 27.9 Å². The predicted octanol–water partition coefficient (Wildman–Crippen LogP) is 5.07. The molecule has 2 aromatic carbocycles. The minimum Gasteiger partial charge on any atom is -0.492 e. The van der Waals surface area contributed by atoms with Crippen LogP contribution in [-0.2, 0) is 4.79 Å². The molecule has 0 atom stereocenters. The summed E-state index contributed by atoms with van der Waals surface area (Å²) in [5.74, 6) is 0.376.